The van der Waals surface area contributed by atoms with Gasteiger partial charge < -0.3 is 26.3 Å². The van der Waals surface area contributed by atoms with E-state index in [4.69, 9.17) is 5.73 Å². The first-order valence-corrected chi connectivity index (χ1v) is 13.8. The monoisotopic (exact) mass is 523 g/mol. The number of hydrogen-bond acceptors (Lipinski definition) is 4. The van der Waals surface area contributed by atoms with Gasteiger partial charge in [0.05, 0.1) is 6.04 Å². The zero-order valence-corrected chi connectivity index (χ0v) is 22.4. The SMILES string of the molecule is C[C@@H](c1c[nH]c2ccccc12)[C@@H](NCC1CCN(C(=O)c2ccccc2)CC1)C(=O)Nc1cccc(CN)c1. The summed E-state index contributed by atoms with van der Waals surface area (Å²) in [5.41, 5.74) is 10.4. The molecule has 202 valence electrons. The Bertz CT molecular complexity index is 1410. The van der Waals surface area contributed by atoms with Crippen LogP contribution < -0.4 is 16.4 Å². The van der Waals surface area contributed by atoms with Crippen LogP contribution in [0.5, 0.6) is 0 Å². The lowest BCUT2D eigenvalue weighted by Gasteiger charge is -2.33. The number of carbonyl (C=O) groups is 2. The molecule has 2 atom stereocenters. The van der Waals surface area contributed by atoms with Crippen LogP contribution in [0.25, 0.3) is 10.9 Å². The van der Waals surface area contributed by atoms with Gasteiger partial charge in [-0.15, -0.1) is 0 Å². The zero-order chi connectivity index (χ0) is 27.2. The Kier molecular flexibility index (Phi) is 8.39. The molecule has 39 heavy (non-hydrogen) atoms. The molecule has 1 fully saturated rings. The highest BCUT2D eigenvalue weighted by atomic mass is 16.2. The van der Waals surface area contributed by atoms with Crippen LogP contribution in [-0.2, 0) is 11.3 Å². The molecular formula is C32H37N5O2. The van der Waals surface area contributed by atoms with Crippen molar-refractivity contribution in [2.45, 2.75) is 38.3 Å². The summed E-state index contributed by atoms with van der Waals surface area (Å²) >= 11 is 0. The number of amides is 2. The summed E-state index contributed by atoms with van der Waals surface area (Å²) < 4.78 is 0. The summed E-state index contributed by atoms with van der Waals surface area (Å²) in [7, 11) is 0. The molecule has 7 nitrogen and oxygen atoms in total. The van der Waals surface area contributed by atoms with Gasteiger partial charge in [-0.2, -0.15) is 0 Å². The quantitative estimate of drug-likeness (QED) is 0.251. The van der Waals surface area contributed by atoms with Gasteiger partial charge in [0.1, 0.15) is 0 Å². The predicted octanol–water partition coefficient (Wildman–Crippen LogP) is 4.88. The molecule has 1 aliphatic heterocycles. The molecule has 0 saturated carbocycles. The molecule has 5 rings (SSSR count). The van der Waals surface area contributed by atoms with Gasteiger partial charge >= 0.3 is 0 Å². The number of anilines is 1. The molecule has 7 heteroatoms. The Morgan fingerprint density at radius 2 is 1.74 bits per heavy atom. The normalized spacial score (nSPS) is 15.7. The second kappa shape index (κ2) is 12.3. The van der Waals surface area contributed by atoms with Gasteiger partial charge in [0.25, 0.3) is 5.91 Å². The molecule has 3 aromatic carbocycles. The van der Waals surface area contributed by atoms with Crippen molar-refractivity contribution in [1.29, 1.82) is 0 Å². The number of carbonyl (C=O) groups excluding carboxylic acids is 2. The molecule has 0 unspecified atom stereocenters. The number of piperidine rings is 1. The van der Waals surface area contributed by atoms with Crippen molar-refractivity contribution >= 4 is 28.4 Å². The van der Waals surface area contributed by atoms with E-state index in [1.165, 1.54) is 0 Å². The summed E-state index contributed by atoms with van der Waals surface area (Å²) in [4.78, 5) is 31.8. The Morgan fingerprint density at radius 1 is 1.00 bits per heavy atom. The Morgan fingerprint density at radius 3 is 2.51 bits per heavy atom. The fraction of sp³-hybridized carbons (Fsp3) is 0.312. The first kappa shape index (κ1) is 26.7. The molecule has 2 heterocycles. The standard InChI is InChI=1S/C32H37N5O2/c1-22(28-21-34-29-13-6-5-12-27(28)29)30(31(38)36-26-11-7-8-24(18-26)19-33)35-20-23-14-16-37(17-15-23)32(39)25-9-3-2-4-10-25/h2-13,18,21-23,30,34-35H,14-17,19-20,33H2,1H3,(H,36,38)/t22-,30+/m0/s1. The van der Waals surface area contributed by atoms with Crippen LogP contribution in [0.4, 0.5) is 5.69 Å². The molecule has 1 aliphatic rings. The molecule has 1 aromatic heterocycles. The molecule has 2 amide bonds. The van der Waals surface area contributed by atoms with Crippen LogP contribution in [0.15, 0.2) is 85.1 Å². The number of nitrogens with two attached hydrogens (primary N) is 1. The van der Waals surface area contributed by atoms with Crippen molar-refractivity contribution in [3.8, 4) is 0 Å². The van der Waals surface area contributed by atoms with Crippen LogP contribution in [0.3, 0.4) is 0 Å². The molecule has 4 aromatic rings. The second-order valence-electron chi connectivity index (χ2n) is 10.5. The average molecular weight is 524 g/mol. The van der Waals surface area contributed by atoms with Crippen LogP contribution in [0.2, 0.25) is 0 Å². The number of nitrogens with zero attached hydrogens (tertiary/aromatic N) is 1. The fourth-order valence-electron chi connectivity index (χ4n) is 5.54. The van der Waals surface area contributed by atoms with Crippen LogP contribution in [0, 0.1) is 5.92 Å². The molecular weight excluding hydrogens is 486 g/mol. The first-order valence-electron chi connectivity index (χ1n) is 13.8. The number of fused-ring (bicyclic) bond motifs is 1. The molecule has 0 spiro atoms. The predicted molar refractivity (Wildman–Crippen MR) is 157 cm³/mol. The summed E-state index contributed by atoms with van der Waals surface area (Å²) in [6.45, 7) is 4.68. The van der Waals surface area contributed by atoms with Crippen molar-refractivity contribution in [2.75, 3.05) is 25.0 Å². The number of nitrogens with one attached hydrogen (secondary N) is 3. The van der Waals surface area contributed by atoms with Gasteiger partial charge in [-0.05, 0) is 66.8 Å². The number of H-pyrrole nitrogens is 1. The van der Waals surface area contributed by atoms with Gasteiger partial charge in [0, 0.05) is 53.9 Å². The van der Waals surface area contributed by atoms with Crippen molar-refractivity contribution in [1.82, 2.24) is 15.2 Å². The minimum absolute atomic E-state index is 0.0707. The number of aromatic amines is 1. The fourth-order valence-corrected chi connectivity index (χ4v) is 5.54. The lowest BCUT2D eigenvalue weighted by Crippen LogP contribution is -2.47. The van der Waals surface area contributed by atoms with Crippen LogP contribution in [0.1, 0.15) is 47.2 Å². The maximum Gasteiger partial charge on any atom is 0.253 e. The Balaban J connectivity index is 1.27. The zero-order valence-electron chi connectivity index (χ0n) is 22.4. The highest BCUT2D eigenvalue weighted by molar-refractivity contribution is 5.96. The van der Waals surface area contributed by atoms with E-state index in [0.29, 0.717) is 19.0 Å². The van der Waals surface area contributed by atoms with E-state index in [1.54, 1.807) is 0 Å². The highest BCUT2D eigenvalue weighted by Crippen LogP contribution is 2.29. The maximum absolute atomic E-state index is 13.7. The molecule has 0 bridgehead atoms. The van der Waals surface area contributed by atoms with E-state index in [1.807, 2.05) is 77.8 Å². The summed E-state index contributed by atoms with van der Waals surface area (Å²) in [6, 6.07) is 24.9. The lowest BCUT2D eigenvalue weighted by molar-refractivity contribution is -0.118. The smallest absolute Gasteiger partial charge is 0.253 e. The highest BCUT2D eigenvalue weighted by Gasteiger charge is 2.30. The van der Waals surface area contributed by atoms with Gasteiger partial charge in [0.2, 0.25) is 5.91 Å². The minimum Gasteiger partial charge on any atom is -0.361 e. The van der Waals surface area contributed by atoms with Gasteiger partial charge in [-0.3, -0.25) is 9.59 Å². The van der Waals surface area contributed by atoms with Crippen molar-refractivity contribution in [3.05, 3.63) is 102 Å². The molecule has 5 N–H and O–H groups in total. The third-order valence-corrected chi connectivity index (χ3v) is 7.87. The van der Waals surface area contributed by atoms with Gasteiger partial charge in [-0.25, -0.2) is 0 Å². The number of benzene rings is 3. The Labute approximate surface area is 229 Å². The number of rotatable bonds is 9. The van der Waals surface area contributed by atoms with Gasteiger partial charge in [0.15, 0.2) is 0 Å². The molecule has 1 saturated heterocycles. The van der Waals surface area contributed by atoms with Gasteiger partial charge in [-0.1, -0.05) is 55.5 Å². The second-order valence-corrected chi connectivity index (χ2v) is 10.5. The molecule has 0 aliphatic carbocycles. The van der Waals surface area contributed by atoms with E-state index < -0.39 is 6.04 Å². The van der Waals surface area contributed by atoms with E-state index in [2.05, 4.69) is 34.7 Å². The van der Waals surface area contributed by atoms with Crippen molar-refractivity contribution < 1.29 is 9.59 Å². The summed E-state index contributed by atoms with van der Waals surface area (Å²) in [5.74, 6) is 0.333. The average Bonchev–Trinajstić information content (AvgIpc) is 3.42. The third-order valence-electron chi connectivity index (χ3n) is 7.87. The third kappa shape index (κ3) is 6.21. The number of likely N-dealkylation sites (tertiary alicyclic amines) is 1. The van der Waals surface area contributed by atoms with E-state index in [-0.39, 0.29) is 17.7 Å². The lowest BCUT2D eigenvalue weighted by atomic mass is 9.90. The van der Waals surface area contributed by atoms with E-state index in [9.17, 15) is 9.59 Å². The number of aromatic nitrogens is 1. The minimum atomic E-state index is -0.435. The largest absolute Gasteiger partial charge is 0.361 e. The van der Waals surface area contributed by atoms with Crippen LogP contribution >= 0.6 is 0 Å². The molecule has 0 radical (unpaired) electrons. The van der Waals surface area contributed by atoms with E-state index >= 15 is 0 Å². The first-order chi connectivity index (χ1) is 19.0. The van der Waals surface area contributed by atoms with Crippen molar-refractivity contribution in [3.63, 3.8) is 0 Å². The maximum atomic E-state index is 13.7. The van der Waals surface area contributed by atoms with Crippen molar-refractivity contribution in [2.24, 2.45) is 11.7 Å². The summed E-state index contributed by atoms with van der Waals surface area (Å²) in [6.07, 6.45) is 3.82. The topological polar surface area (TPSA) is 103 Å². The van der Waals surface area contributed by atoms with Crippen LogP contribution in [-0.4, -0.2) is 47.4 Å². The van der Waals surface area contributed by atoms with E-state index in [0.717, 1.165) is 59.2 Å². The number of hydrogen-bond donors (Lipinski definition) is 4. The Hall–Kier alpha value is -3.94. The number of para-hydroxylation sites is 1. The summed E-state index contributed by atoms with van der Waals surface area (Å²) in [5, 5.41) is 7.86.